The Morgan fingerprint density at radius 3 is 2.72 bits per heavy atom. The Balaban J connectivity index is 1.70. The fourth-order valence-electron chi connectivity index (χ4n) is 4.64. The molecule has 32 heavy (non-hydrogen) atoms. The van der Waals surface area contributed by atoms with Crippen LogP contribution in [0.15, 0.2) is 71.4 Å². The number of fused-ring (bicyclic) bond motifs is 2. The average molecular weight is 444 g/mol. The third-order valence-corrected chi connectivity index (χ3v) is 6.78. The van der Waals surface area contributed by atoms with Crippen molar-refractivity contribution in [3.8, 4) is 0 Å². The van der Waals surface area contributed by atoms with Crippen molar-refractivity contribution in [2.45, 2.75) is 18.3 Å². The number of nitrogens with zero attached hydrogens (tertiary/aromatic N) is 2. The molecule has 8 heteroatoms. The third-order valence-electron chi connectivity index (χ3n) is 5.97. The molecule has 1 unspecified atom stereocenters. The van der Waals surface area contributed by atoms with E-state index >= 15 is 0 Å². The smallest absolute Gasteiger partial charge is 0.275 e. The summed E-state index contributed by atoms with van der Waals surface area (Å²) < 4.78 is 1.80. The zero-order valence-corrected chi connectivity index (χ0v) is 18.0. The number of nitrogens with one attached hydrogen (secondary N) is 2. The molecule has 3 heterocycles. The summed E-state index contributed by atoms with van der Waals surface area (Å²) in [6, 6.07) is 17.4. The third kappa shape index (κ3) is 3.15. The first-order chi connectivity index (χ1) is 15.5. The second-order valence-corrected chi connectivity index (χ2v) is 8.95. The molecule has 2 amide bonds. The molecule has 7 nitrogen and oxygen atoms in total. The van der Waals surface area contributed by atoms with Crippen molar-refractivity contribution in [3.63, 3.8) is 0 Å². The van der Waals surface area contributed by atoms with Crippen LogP contribution in [0.2, 0.25) is 0 Å². The van der Waals surface area contributed by atoms with Crippen LogP contribution < -0.4 is 11.1 Å². The first kappa shape index (κ1) is 20.3. The Bertz CT molecular complexity index is 1340. The van der Waals surface area contributed by atoms with Crippen LogP contribution in [0.3, 0.4) is 0 Å². The predicted molar refractivity (Wildman–Crippen MR) is 128 cm³/mol. The maximum absolute atomic E-state index is 13.2. The number of carbonyl (C=O) groups is 2. The lowest BCUT2D eigenvalue weighted by Crippen LogP contribution is -2.35. The van der Waals surface area contributed by atoms with Gasteiger partial charge in [0.25, 0.3) is 11.8 Å². The first-order valence-corrected chi connectivity index (χ1v) is 11.3. The number of thioether (sulfide) groups is 1. The zero-order valence-electron chi connectivity index (χ0n) is 17.2. The average Bonchev–Trinajstić information content (AvgIpc) is 3.45. The monoisotopic (exact) mass is 443 g/mol. The number of amides is 2. The van der Waals surface area contributed by atoms with Gasteiger partial charge in [-0.3, -0.25) is 25.3 Å². The van der Waals surface area contributed by atoms with Gasteiger partial charge in [0, 0.05) is 18.2 Å². The normalized spacial score (nSPS) is 19.6. The van der Waals surface area contributed by atoms with Gasteiger partial charge < -0.3 is 10.3 Å². The van der Waals surface area contributed by atoms with E-state index in [-0.39, 0.29) is 5.17 Å². The Morgan fingerprint density at radius 1 is 1.09 bits per heavy atom. The van der Waals surface area contributed by atoms with Crippen LogP contribution in [0.1, 0.15) is 18.4 Å². The van der Waals surface area contributed by atoms with E-state index in [1.54, 1.807) is 10.8 Å². The lowest BCUT2D eigenvalue weighted by Gasteiger charge is -2.29. The molecule has 160 valence electrons. The number of aliphatic imine (C=N–C) groups is 1. The van der Waals surface area contributed by atoms with Gasteiger partial charge in [0.15, 0.2) is 5.17 Å². The number of hydrogen-bond donors (Lipinski definition) is 3. The van der Waals surface area contributed by atoms with Gasteiger partial charge in [0.05, 0.1) is 22.2 Å². The molecule has 0 bridgehead atoms. The molecule has 0 saturated heterocycles. The van der Waals surface area contributed by atoms with Crippen LogP contribution in [0.25, 0.3) is 16.6 Å². The largest absolute Gasteiger partial charge is 0.379 e. The molecular weight excluding hydrogens is 422 g/mol. The van der Waals surface area contributed by atoms with Crippen molar-refractivity contribution in [1.29, 1.82) is 5.41 Å². The molecule has 0 saturated carbocycles. The summed E-state index contributed by atoms with van der Waals surface area (Å²) >= 11 is 1.27. The Labute approximate surface area is 188 Å². The number of carbonyl (C=O) groups excluding carboxylic acids is 2. The van der Waals surface area contributed by atoms with Gasteiger partial charge in [0.1, 0.15) is 5.70 Å². The van der Waals surface area contributed by atoms with E-state index < -0.39 is 17.2 Å². The van der Waals surface area contributed by atoms with E-state index in [0.717, 1.165) is 22.2 Å². The van der Waals surface area contributed by atoms with Gasteiger partial charge in [-0.1, -0.05) is 48.2 Å². The molecule has 4 N–H and O–H groups in total. The minimum absolute atomic E-state index is 0.0621. The topological polar surface area (TPSA) is 113 Å². The number of hydrogen-bond acceptors (Lipinski definition) is 5. The predicted octanol–water partition coefficient (Wildman–Crippen LogP) is 3.57. The van der Waals surface area contributed by atoms with Gasteiger partial charge in [0.2, 0.25) is 0 Å². The quantitative estimate of drug-likeness (QED) is 0.234. The first-order valence-electron chi connectivity index (χ1n) is 10.3. The van der Waals surface area contributed by atoms with Crippen molar-refractivity contribution in [2.75, 3.05) is 5.75 Å². The minimum Gasteiger partial charge on any atom is -0.379 e. The Kier molecular flexibility index (Phi) is 4.94. The molecule has 0 aliphatic carbocycles. The molecule has 0 fully saturated rings. The summed E-state index contributed by atoms with van der Waals surface area (Å²) in [5, 5.41) is 11.0. The van der Waals surface area contributed by atoms with Gasteiger partial charge in [-0.25, -0.2) is 0 Å². The highest BCUT2D eigenvalue weighted by Crippen LogP contribution is 2.48. The summed E-state index contributed by atoms with van der Waals surface area (Å²) in [5.74, 6) is -0.177. The molecule has 5 rings (SSSR count). The number of para-hydroxylation sites is 2. The minimum atomic E-state index is -0.842. The van der Waals surface area contributed by atoms with Crippen LogP contribution >= 0.6 is 11.8 Å². The van der Waals surface area contributed by atoms with E-state index in [4.69, 9.17) is 11.1 Å². The summed E-state index contributed by atoms with van der Waals surface area (Å²) in [7, 11) is 0. The number of aromatic nitrogens is 1. The number of amidine groups is 1. The highest BCUT2D eigenvalue weighted by Gasteiger charge is 2.49. The molecular formula is C24H21N5O2S. The lowest BCUT2D eigenvalue weighted by atomic mass is 9.72. The second-order valence-electron chi connectivity index (χ2n) is 7.81. The Hall–Kier alpha value is -3.65. The molecule has 0 radical (unpaired) electrons. The van der Waals surface area contributed by atoms with E-state index in [1.807, 2.05) is 60.8 Å². The van der Waals surface area contributed by atoms with Crippen molar-refractivity contribution < 1.29 is 9.59 Å². The second kappa shape index (κ2) is 7.80. The van der Waals surface area contributed by atoms with Crippen LogP contribution in [0, 0.1) is 5.41 Å². The molecule has 2 aromatic carbocycles. The number of nitrogens with two attached hydrogens (primary N) is 1. The fourth-order valence-corrected chi connectivity index (χ4v) is 5.15. The van der Waals surface area contributed by atoms with E-state index in [2.05, 4.69) is 10.3 Å². The summed E-state index contributed by atoms with van der Waals surface area (Å²) in [6.07, 6.45) is 4.88. The molecule has 2 aliphatic rings. The Morgan fingerprint density at radius 2 is 1.88 bits per heavy atom. The summed E-state index contributed by atoms with van der Waals surface area (Å²) in [6.45, 7) is 0. The van der Waals surface area contributed by atoms with Gasteiger partial charge in [-0.05, 0) is 42.0 Å². The van der Waals surface area contributed by atoms with Crippen molar-refractivity contribution in [3.05, 3.63) is 71.9 Å². The number of benzene rings is 2. The van der Waals surface area contributed by atoms with E-state index in [1.165, 1.54) is 11.8 Å². The van der Waals surface area contributed by atoms with Crippen LogP contribution in [-0.4, -0.2) is 33.5 Å². The standard InChI is InChI=1S/C24H21N5O2S/c25-23(26)32-13-5-11-24(14-27-17-8-3-2-7-16(17)24)19-20(22(31)28-21(19)30)29-12-10-15-6-1-4-9-18(15)29/h1-4,6-10,12,14H,5,11,13H2,(H3,25,26)(H,28,30,31). The van der Waals surface area contributed by atoms with Crippen LogP contribution in [-0.2, 0) is 15.0 Å². The van der Waals surface area contributed by atoms with Crippen molar-refractivity contribution >= 4 is 57.2 Å². The van der Waals surface area contributed by atoms with Crippen molar-refractivity contribution in [2.24, 2.45) is 10.7 Å². The highest BCUT2D eigenvalue weighted by atomic mass is 32.2. The molecule has 1 aromatic heterocycles. The molecule has 2 aliphatic heterocycles. The maximum Gasteiger partial charge on any atom is 0.275 e. The van der Waals surface area contributed by atoms with Crippen LogP contribution in [0.4, 0.5) is 5.69 Å². The van der Waals surface area contributed by atoms with E-state index in [0.29, 0.717) is 29.9 Å². The zero-order chi connectivity index (χ0) is 22.3. The molecule has 0 spiro atoms. The van der Waals surface area contributed by atoms with Gasteiger partial charge in [-0.15, -0.1) is 0 Å². The SMILES string of the molecule is N=C(N)SCCCC1(C2=C(n3ccc4ccccc43)C(=O)NC2=O)C=Nc2ccccc21. The van der Waals surface area contributed by atoms with Gasteiger partial charge in [-0.2, -0.15) is 0 Å². The maximum atomic E-state index is 13.2. The fraction of sp³-hybridized carbons (Fsp3) is 0.167. The summed E-state index contributed by atoms with van der Waals surface area (Å²) in [5.41, 5.74) is 7.95. The van der Waals surface area contributed by atoms with Crippen molar-refractivity contribution in [1.82, 2.24) is 9.88 Å². The van der Waals surface area contributed by atoms with E-state index in [9.17, 15) is 9.59 Å². The molecule has 3 aromatic rings. The molecule has 1 atom stereocenters. The highest BCUT2D eigenvalue weighted by molar-refractivity contribution is 8.13. The van der Waals surface area contributed by atoms with Crippen LogP contribution in [0.5, 0.6) is 0 Å². The summed E-state index contributed by atoms with van der Waals surface area (Å²) in [4.78, 5) is 30.9. The number of imide groups is 1. The lowest BCUT2D eigenvalue weighted by molar-refractivity contribution is -0.123. The number of rotatable bonds is 6. The van der Waals surface area contributed by atoms with Gasteiger partial charge >= 0.3 is 0 Å².